The zero-order valence-corrected chi connectivity index (χ0v) is 8.82. The molecular formula is C11H19N3. The van der Waals surface area contributed by atoms with Crippen LogP contribution in [-0.2, 0) is 6.54 Å². The number of hydrogen-bond acceptors (Lipinski definition) is 2. The molecular weight excluding hydrogens is 174 g/mol. The zero-order valence-electron chi connectivity index (χ0n) is 8.82. The molecule has 1 aromatic rings. The lowest BCUT2D eigenvalue weighted by atomic mass is 9.71. The van der Waals surface area contributed by atoms with E-state index in [2.05, 4.69) is 18.2 Å². The van der Waals surface area contributed by atoms with Crippen molar-refractivity contribution in [1.82, 2.24) is 9.78 Å². The SMILES string of the molecule is CCCn1cc(C2CCC2CN)cn1. The highest BCUT2D eigenvalue weighted by atomic mass is 15.3. The van der Waals surface area contributed by atoms with Crippen LogP contribution in [0.15, 0.2) is 12.4 Å². The largest absolute Gasteiger partial charge is 0.330 e. The van der Waals surface area contributed by atoms with Gasteiger partial charge in [-0.15, -0.1) is 0 Å². The van der Waals surface area contributed by atoms with Gasteiger partial charge in [-0.3, -0.25) is 4.68 Å². The van der Waals surface area contributed by atoms with Crippen molar-refractivity contribution in [3.63, 3.8) is 0 Å². The molecule has 0 bridgehead atoms. The van der Waals surface area contributed by atoms with E-state index < -0.39 is 0 Å². The Kier molecular flexibility index (Phi) is 2.87. The fourth-order valence-corrected chi connectivity index (χ4v) is 2.21. The van der Waals surface area contributed by atoms with Gasteiger partial charge in [0.1, 0.15) is 0 Å². The van der Waals surface area contributed by atoms with Crippen LogP contribution >= 0.6 is 0 Å². The second-order valence-electron chi connectivity index (χ2n) is 4.22. The Balaban J connectivity index is 2.02. The van der Waals surface area contributed by atoms with Gasteiger partial charge in [-0.25, -0.2) is 0 Å². The fraction of sp³-hybridized carbons (Fsp3) is 0.727. The van der Waals surface area contributed by atoms with Gasteiger partial charge < -0.3 is 5.73 Å². The summed E-state index contributed by atoms with van der Waals surface area (Å²) in [4.78, 5) is 0. The van der Waals surface area contributed by atoms with Gasteiger partial charge in [-0.2, -0.15) is 5.10 Å². The Morgan fingerprint density at radius 2 is 2.43 bits per heavy atom. The summed E-state index contributed by atoms with van der Waals surface area (Å²) in [5.41, 5.74) is 7.09. The van der Waals surface area contributed by atoms with Gasteiger partial charge in [0.2, 0.25) is 0 Å². The summed E-state index contributed by atoms with van der Waals surface area (Å²) in [6, 6.07) is 0. The van der Waals surface area contributed by atoms with Crippen molar-refractivity contribution >= 4 is 0 Å². The smallest absolute Gasteiger partial charge is 0.0524 e. The van der Waals surface area contributed by atoms with Crippen LogP contribution in [-0.4, -0.2) is 16.3 Å². The van der Waals surface area contributed by atoms with Gasteiger partial charge in [0.05, 0.1) is 6.20 Å². The molecule has 1 aliphatic rings. The summed E-state index contributed by atoms with van der Waals surface area (Å²) in [7, 11) is 0. The number of nitrogens with zero attached hydrogens (tertiary/aromatic N) is 2. The third-order valence-corrected chi connectivity index (χ3v) is 3.25. The summed E-state index contributed by atoms with van der Waals surface area (Å²) in [6.45, 7) is 4.02. The number of hydrogen-bond donors (Lipinski definition) is 1. The summed E-state index contributed by atoms with van der Waals surface area (Å²) in [5, 5.41) is 4.35. The van der Waals surface area contributed by atoms with E-state index in [0.717, 1.165) is 19.5 Å². The van der Waals surface area contributed by atoms with Crippen LogP contribution < -0.4 is 5.73 Å². The number of aromatic nitrogens is 2. The van der Waals surface area contributed by atoms with Crippen molar-refractivity contribution in [2.45, 2.75) is 38.6 Å². The maximum absolute atomic E-state index is 5.70. The first-order valence-electron chi connectivity index (χ1n) is 5.57. The van der Waals surface area contributed by atoms with Crippen LogP contribution in [0.3, 0.4) is 0 Å². The van der Waals surface area contributed by atoms with E-state index >= 15 is 0 Å². The molecule has 1 heterocycles. The molecule has 2 atom stereocenters. The second kappa shape index (κ2) is 4.13. The fourth-order valence-electron chi connectivity index (χ4n) is 2.21. The van der Waals surface area contributed by atoms with E-state index in [1.807, 2.05) is 10.9 Å². The predicted molar refractivity (Wildman–Crippen MR) is 57.0 cm³/mol. The average Bonchev–Trinajstić information content (AvgIpc) is 2.53. The Morgan fingerprint density at radius 3 is 3.00 bits per heavy atom. The van der Waals surface area contributed by atoms with Crippen molar-refractivity contribution in [3.8, 4) is 0 Å². The Morgan fingerprint density at radius 1 is 1.57 bits per heavy atom. The molecule has 14 heavy (non-hydrogen) atoms. The van der Waals surface area contributed by atoms with Gasteiger partial charge in [-0.1, -0.05) is 6.92 Å². The minimum absolute atomic E-state index is 0.686. The van der Waals surface area contributed by atoms with Gasteiger partial charge in [0.15, 0.2) is 0 Å². The normalized spacial score (nSPS) is 26.1. The summed E-state index contributed by atoms with van der Waals surface area (Å²) < 4.78 is 2.04. The van der Waals surface area contributed by atoms with Crippen molar-refractivity contribution in [2.24, 2.45) is 11.7 Å². The van der Waals surface area contributed by atoms with Crippen molar-refractivity contribution in [3.05, 3.63) is 18.0 Å². The maximum atomic E-state index is 5.70. The molecule has 1 saturated carbocycles. The van der Waals surface area contributed by atoms with E-state index in [-0.39, 0.29) is 0 Å². The molecule has 78 valence electrons. The highest BCUT2D eigenvalue weighted by Crippen LogP contribution is 2.41. The summed E-state index contributed by atoms with van der Waals surface area (Å²) in [6.07, 6.45) is 7.93. The third kappa shape index (κ3) is 1.69. The van der Waals surface area contributed by atoms with Crippen LogP contribution in [0.4, 0.5) is 0 Å². The van der Waals surface area contributed by atoms with Crippen LogP contribution in [0.1, 0.15) is 37.7 Å². The molecule has 1 aliphatic carbocycles. The molecule has 0 aromatic carbocycles. The number of aryl methyl sites for hydroxylation is 1. The van der Waals surface area contributed by atoms with Gasteiger partial charge >= 0.3 is 0 Å². The van der Waals surface area contributed by atoms with E-state index in [1.165, 1.54) is 18.4 Å². The lowest BCUT2D eigenvalue weighted by Crippen LogP contribution is -2.30. The Labute approximate surface area is 85.3 Å². The third-order valence-electron chi connectivity index (χ3n) is 3.25. The molecule has 3 nitrogen and oxygen atoms in total. The van der Waals surface area contributed by atoms with E-state index in [1.54, 1.807) is 0 Å². The monoisotopic (exact) mass is 193 g/mol. The first kappa shape index (κ1) is 9.71. The lowest BCUT2D eigenvalue weighted by molar-refractivity contribution is 0.263. The molecule has 2 rings (SSSR count). The molecule has 0 aliphatic heterocycles. The van der Waals surface area contributed by atoms with Crippen LogP contribution in [0.2, 0.25) is 0 Å². The summed E-state index contributed by atoms with van der Waals surface area (Å²) >= 11 is 0. The van der Waals surface area contributed by atoms with Crippen molar-refractivity contribution in [2.75, 3.05) is 6.54 Å². The lowest BCUT2D eigenvalue weighted by Gasteiger charge is -2.35. The van der Waals surface area contributed by atoms with E-state index in [4.69, 9.17) is 5.73 Å². The maximum Gasteiger partial charge on any atom is 0.0524 e. The van der Waals surface area contributed by atoms with Crippen molar-refractivity contribution < 1.29 is 0 Å². The van der Waals surface area contributed by atoms with Gasteiger partial charge in [0.25, 0.3) is 0 Å². The molecule has 0 radical (unpaired) electrons. The van der Waals surface area contributed by atoms with E-state index in [0.29, 0.717) is 11.8 Å². The molecule has 1 fully saturated rings. The van der Waals surface area contributed by atoms with Gasteiger partial charge in [-0.05, 0) is 43.2 Å². The molecule has 2 unspecified atom stereocenters. The molecule has 1 aromatic heterocycles. The minimum atomic E-state index is 0.686. The molecule has 0 saturated heterocycles. The van der Waals surface area contributed by atoms with E-state index in [9.17, 15) is 0 Å². The molecule has 0 amide bonds. The average molecular weight is 193 g/mol. The Bertz CT molecular complexity index is 290. The van der Waals surface area contributed by atoms with Crippen LogP contribution in [0.5, 0.6) is 0 Å². The predicted octanol–water partition coefficient (Wildman–Crippen LogP) is 1.75. The molecule has 2 N–H and O–H groups in total. The first-order valence-corrected chi connectivity index (χ1v) is 5.57. The van der Waals surface area contributed by atoms with Crippen molar-refractivity contribution in [1.29, 1.82) is 0 Å². The molecule has 0 spiro atoms. The van der Waals surface area contributed by atoms with Crippen LogP contribution in [0.25, 0.3) is 0 Å². The topological polar surface area (TPSA) is 43.8 Å². The standard InChI is InChI=1S/C11H19N3/c1-2-5-14-8-10(7-13-14)11-4-3-9(11)6-12/h7-9,11H,2-6,12H2,1H3. The second-order valence-corrected chi connectivity index (χ2v) is 4.22. The highest BCUT2D eigenvalue weighted by Gasteiger charge is 2.31. The van der Waals surface area contributed by atoms with Crippen LogP contribution in [0, 0.1) is 5.92 Å². The summed E-state index contributed by atoms with van der Waals surface area (Å²) in [5.74, 6) is 1.39. The number of rotatable bonds is 4. The highest BCUT2D eigenvalue weighted by molar-refractivity contribution is 5.16. The quantitative estimate of drug-likeness (QED) is 0.791. The number of nitrogens with two attached hydrogens (primary N) is 1. The Hall–Kier alpha value is -0.830. The zero-order chi connectivity index (χ0) is 9.97. The van der Waals surface area contributed by atoms with Gasteiger partial charge in [0, 0.05) is 12.7 Å². The molecule has 3 heteroatoms. The minimum Gasteiger partial charge on any atom is -0.330 e. The first-order chi connectivity index (χ1) is 6.85.